The first-order valence-electron chi connectivity index (χ1n) is 13.3. The van der Waals surface area contributed by atoms with Crippen LogP contribution >= 0.6 is 34.8 Å². The number of likely N-dealkylation sites (tertiary alicyclic amines) is 1. The average Bonchev–Trinajstić information content (AvgIpc) is 2.93. The van der Waals surface area contributed by atoms with Gasteiger partial charge in [0.05, 0.1) is 0 Å². The van der Waals surface area contributed by atoms with Gasteiger partial charge in [-0.1, -0.05) is 83.3 Å². The smallest absolute Gasteiger partial charge is 0.409 e. The third-order valence-corrected chi connectivity index (χ3v) is 8.00. The molecule has 2 aliphatic heterocycles. The van der Waals surface area contributed by atoms with Gasteiger partial charge in [0.2, 0.25) is 3.79 Å². The van der Waals surface area contributed by atoms with Crippen LogP contribution in [0.2, 0.25) is 0 Å². The molecule has 1 spiro atoms. The number of piperidine rings is 1. The molecule has 0 atom stereocenters. The Labute approximate surface area is 244 Å². The Balaban J connectivity index is 1.17. The first-order valence-corrected chi connectivity index (χ1v) is 14.5. The Morgan fingerprint density at radius 1 is 0.949 bits per heavy atom. The zero-order valence-electron chi connectivity index (χ0n) is 21.6. The van der Waals surface area contributed by atoms with Gasteiger partial charge in [-0.05, 0) is 78.1 Å². The molecule has 1 amide bonds. The van der Waals surface area contributed by atoms with E-state index in [1.54, 1.807) is 11.0 Å². The monoisotopic (exact) mass is 589 g/mol. The Morgan fingerprint density at radius 3 is 2.38 bits per heavy atom. The molecule has 0 saturated carbocycles. The van der Waals surface area contributed by atoms with E-state index in [4.69, 9.17) is 44.3 Å². The van der Waals surface area contributed by atoms with E-state index in [0.717, 1.165) is 53.7 Å². The first-order chi connectivity index (χ1) is 18.7. The summed E-state index contributed by atoms with van der Waals surface area (Å²) in [6, 6.07) is 21.9. The maximum Gasteiger partial charge on any atom is 0.409 e. The van der Waals surface area contributed by atoms with Crippen molar-refractivity contribution >= 4 is 40.9 Å². The fraction of sp³-hybridized carbons (Fsp3) is 0.387. The number of halogens is 4. The van der Waals surface area contributed by atoms with Crippen molar-refractivity contribution in [3.05, 3.63) is 89.2 Å². The van der Waals surface area contributed by atoms with Crippen LogP contribution in [-0.4, -0.2) is 40.1 Å². The van der Waals surface area contributed by atoms with Crippen molar-refractivity contribution in [1.82, 2.24) is 4.90 Å². The number of hydrogen-bond acceptors (Lipinski definition) is 3. The minimum Gasteiger partial charge on any atom is -0.487 e. The molecule has 5 rings (SSSR count). The molecule has 39 heavy (non-hydrogen) atoms. The molecule has 0 unspecified atom stereocenters. The topological polar surface area (TPSA) is 38.8 Å². The lowest BCUT2D eigenvalue weighted by Gasteiger charge is -2.44. The van der Waals surface area contributed by atoms with Crippen LogP contribution in [0, 0.1) is 5.82 Å². The molecule has 1 saturated heterocycles. The van der Waals surface area contributed by atoms with Gasteiger partial charge in [-0.15, -0.1) is 0 Å². The molecule has 3 aromatic rings. The lowest BCUT2D eigenvalue weighted by Crippen LogP contribution is -2.51. The van der Waals surface area contributed by atoms with E-state index in [2.05, 4.69) is 18.2 Å². The maximum absolute atomic E-state index is 15.0. The maximum atomic E-state index is 15.0. The zero-order chi connectivity index (χ0) is 27.5. The third kappa shape index (κ3) is 7.19. The van der Waals surface area contributed by atoms with Gasteiger partial charge in [0.1, 0.15) is 23.8 Å². The predicted molar refractivity (Wildman–Crippen MR) is 154 cm³/mol. The number of rotatable bonds is 6. The van der Waals surface area contributed by atoms with Crippen LogP contribution in [0.25, 0.3) is 11.1 Å². The Morgan fingerprint density at radius 2 is 1.67 bits per heavy atom. The van der Waals surface area contributed by atoms with Crippen molar-refractivity contribution in [3.8, 4) is 16.9 Å². The number of ether oxygens (including phenoxy) is 2. The van der Waals surface area contributed by atoms with Crippen molar-refractivity contribution in [2.75, 3.05) is 19.7 Å². The zero-order valence-corrected chi connectivity index (χ0v) is 23.9. The summed E-state index contributed by atoms with van der Waals surface area (Å²) in [6.45, 7) is 0.747. The summed E-state index contributed by atoms with van der Waals surface area (Å²) in [5.41, 5.74) is 4.68. The summed E-state index contributed by atoms with van der Waals surface area (Å²) in [6.07, 6.45) is 5.20. The molecular weight excluding hydrogens is 560 g/mol. The quantitative estimate of drug-likeness (QED) is 0.271. The molecule has 2 aliphatic rings. The van der Waals surface area contributed by atoms with Crippen LogP contribution in [0.5, 0.6) is 5.75 Å². The van der Waals surface area contributed by atoms with Crippen LogP contribution in [-0.2, 0) is 24.0 Å². The number of aryl methyl sites for hydroxylation is 3. The van der Waals surface area contributed by atoms with Gasteiger partial charge in [-0.25, -0.2) is 9.18 Å². The molecule has 4 nitrogen and oxygen atoms in total. The molecule has 2 heterocycles. The van der Waals surface area contributed by atoms with Crippen LogP contribution in [0.4, 0.5) is 9.18 Å². The van der Waals surface area contributed by atoms with Gasteiger partial charge in [0, 0.05) is 25.9 Å². The second-order valence-electron chi connectivity index (χ2n) is 10.4. The summed E-state index contributed by atoms with van der Waals surface area (Å²) < 4.78 is 24.9. The first kappa shape index (κ1) is 28.1. The summed E-state index contributed by atoms with van der Waals surface area (Å²) >= 11 is 17.0. The lowest BCUT2D eigenvalue weighted by atomic mass is 9.82. The molecule has 206 valence electrons. The van der Waals surface area contributed by atoms with E-state index < -0.39 is 9.89 Å². The lowest BCUT2D eigenvalue weighted by molar-refractivity contribution is -0.0141. The highest BCUT2D eigenvalue weighted by atomic mass is 35.6. The summed E-state index contributed by atoms with van der Waals surface area (Å²) in [4.78, 5) is 13.9. The Hall–Kier alpha value is -2.47. The molecule has 0 radical (unpaired) electrons. The molecular formula is C31H31Cl3FNO3. The van der Waals surface area contributed by atoms with Crippen LogP contribution in [0.15, 0.2) is 66.7 Å². The van der Waals surface area contributed by atoms with Gasteiger partial charge in [0.15, 0.2) is 0 Å². The fourth-order valence-corrected chi connectivity index (χ4v) is 5.61. The second kappa shape index (κ2) is 12.0. The molecule has 1 fully saturated rings. The number of amides is 1. The number of carbonyl (C=O) groups is 1. The largest absolute Gasteiger partial charge is 0.487 e. The Bertz CT molecular complexity index is 1300. The van der Waals surface area contributed by atoms with Gasteiger partial charge >= 0.3 is 6.09 Å². The highest BCUT2D eigenvalue weighted by molar-refractivity contribution is 6.67. The number of alkyl halides is 3. The third-order valence-electron chi connectivity index (χ3n) is 7.67. The van der Waals surface area contributed by atoms with Crippen LogP contribution < -0.4 is 4.74 Å². The highest BCUT2D eigenvalue weighted by Gasteiger charge is 2.41. The summed E-state index contributed by atoms with van der Waals surface area (Å²) in [5.74, 6) is 0.697. The van der Waals surface area contributed by atoms with E-state index in [9.17, 15) is 9.18 Å². The van der Waals surface area contributed by atoms with Crippen LogP contribution in [0.3, 0.4) is 0 Å². The number of nitrogens with zero attached hydrogens (tertiary/aromatic N) is 1. The van der Waals surface area contributed by atoms with E-state index in [1.807, 2.05) is 42.5 Å². The molecule has 3 aromatic carbocycles. The van der Waals surface area contributed by atoms with Gasteiger partial charge < -0.3 is 14.4 Å². The van der Waals surface area contributed by atoms with Gasteiger partial charge in [-0.3, -0.25) is 0 Å². The van der Waals surface area contributed by atoms with E-state index in [0.29, 0.717) is 32.4 Å². The van der Waals surface area contributed by atoms with Crippen molar-refractivity contribution in [3.63, 3.8) is 0 Å². The Kier molecular flexibility index (Phi) is 8.60. The summed E-state index contributed by atoms with van der Waals surface area (Å²) in [5, 5.41) is 0. The number of fused-ring (bicyclic) bond motifs is 1. The van der Waals surface area contributed by atoms with Crippen molar-refractivity contribution < 1.29 is 18.7 Å². The minimum absolute atomic E-state index is 0.160. The molecule has 8 heteroatoms. The molecule has 0 aromatic heterocycles. The highest BCUT2D eigenvalue weighted by Crippen LogP contribution is 2.41. The molecule has 0 bridgehead atoms. The van der Waals surface area contributed by atoms with Crippen molar-refractivity contribution in [1.29, 1.82) is 0 Å². The molecule has 0 aliphatic carbocycles. The normalized spacial score (nSPS) is 16.5. The minimum atomic E-state index is -1.63. The average molecular weight is 591 g/mol. The van der Waals surface area contributed by atoms with E-state index >= 15 is 0 Å². The van der Waals surface area contributed by atoms with Crippen molar-refractivity contribution in [2.24, 2.45) is 0 Å². The summed E-state index contributed by atoms with van der Waals surface area (Å²) in [7, 11) is 0. The predicted octanol–water partition coefficient (Wildman–Crippen LogP) is 8.33. The SMILES string of the molecule is O=C(OCC(Cl)(Cl)Cl)N1CCC2(CCc3cc(-c4ccc(CCCc5ccccc5)c(F)c4)ccc3O2)CC1. The van der Waals surface area contributed by atoms with Crippen molar-refractivity contribution in [2.45, 2.75) is 54.3 Å². The van der Waals surface area contributed by atoms with Gasteiger partial charge in [-0.2, -0.15) is 0 Å². The fourth-order valence-electron chi connectivity index (χ4n) is 5.44. The molecule has 0 N–H and O–H groups in total. The second-order valence-corrected chi connectivity index (χ2v) is 12.9. The number of hydrogen-bond donors (Lipinski definition) is 0. The number of benzene rings is 3. The standard InChI is InChI=1S/C31H31Cl3FNO3/c32-31(33,34)21-38-29(37)36-17-15-30(16-18-36)14-13-26-19-24(11-12-28(26)39-30)25-10-9-23(27(35)20-25)8-4-7-22-5-2-1-3-6-22/h1-3,5-6,9-12,19-20H,4,7-8,13-18,21H2. The van der Waals surface area contributed by atoms with E-state index in [-0.39, 0.29) is 18.0 Å². The van der Waals surface area contributed by atoms with Crippen LogP contribution in [0.1, 0.15) is 42.4 Å². The van der Waals surface area contributed by atoms with E-state index in [1.165, 1.54) is 5.56 Å². The number of carbonyl (C=O) groups excluding carboxylic acids is 1. The van der Waals surface area contributed by atoms with Gasteiger partial charge in [0.25, 0.3) is 0 Å².